The minimum Gasteiger partial charge on any atom is -0.469 e. The first kappa shape index (κ1) is 17.6. The zero-order valence-corrected chi connectivity index (χ0v) is 12.8. The van der Waals surface area contributed by atoms with Crippen molar-refractivity contribution in [3.8, 4) is 0 Å². The van der Waals surface area contributed by atoms with Crippen LogP contribution in [0.2, 0.25) is 0 Å². The highest BCUT2D eigenvalue weighted by Crippen LogP contribution is 2.08. The first-order valence-electron chi connectivity index (χ1n) is 7.06. The van der Waals surface area contributed by atoms with Crippen molar-refractivity contribution in [3.05, 3.63) is 35.9 Å². The predicted octanol–water partition coefficient (Wildman–Crippen LogP) is -0.300. The molecule has 0 aliphatic heterocycles. The number of ether oxygens (including phenoxy) is 1. The molecule has 1 atom stereocenters. The zero-order valence-electron chi connectivity index (χ0n) is 12.8. The van der Waals surface area contributed by atoms with Gasteiger partial charge in [-0.25, -0.2) is 4.79 Å². The molecule has 1 aromatic rings. The first-order chi connectivity index (χ1) is 10.6. The van der Waals surface area contributed by atoms with Gasteiger partial charge in [0, 0.05) is 19.0 Å². The fourth-order valence-electron chi connectivity index (χ4n) is 1.94. The van der Waals surface area contributed by atoms with Crippen molar-refractivity contribution < 1.29 is 24.4 Å². The van der Waals surface area contributed by atoms with Crippen LogP contribution in [0, 0.1) is 0 Å². The average Bonchev–Trinajstić information content (AvgIpc) is 2.54. The monoisotopic (exact) mass is 308 g/mol. The van der Waals surface area contributed by atoms with Gasteiger partial charge in [-0.3, -0.25) is 14.9 Å². The molecule has 22 heavy (non-hydrogen) atoms. The number of urea groups is 1. The lowest BCUT2D eigenvalue weighted by Crippen LogP contribution is -2.87. The second-order valence-electron chi connectivity index (χ2n) is 4.66. The lowest BCUT2D eigenvalue weighted by atomic mass is 10.1. The van der Waals surface area contributed by atoms with Crippen LogP contribution in [0.3, 0.4) is 0 Å². The highest BCUT2D eigenvalue weighted by molar-refractivity contribution is 5.96. The molecule has 7 nitrogen and oxygen atoms in total. The standard InChI is InChI=1S/C15H21N3O4/c1-16-15(21)18-14(20)13(11-7-4-3-5-8-11)17-10-6-9-12(19)22-2/h3-5,7-8,13,17H,6,9-10H2,1-2H3,(H2,16,18,20,21)/p+1/t13-/m1/s1. The largest absolute Gasteiger partial charge is 0.469 e. The summed E-state index contributed by atoms with van der Waals surface area (Å²) in [5, 5.41) is 6.43. The Kier molecular flexibility index (Phi) is 7.63. The van der Waals surface area contributed by atoms with E-state index in [-0.39, 0.29) is 5.97 Å². The Morgan fingerprint density at radius 3 is 2.50 bits per heavy atom. The van der Waals surface area contributed by atoms with Gasteiger partial charge in [-0.2, -0.15) is 0 Å². The van der Waals surface area contributed by atoms with Crippen LogP contribution >= 0.6 is 0 Å². The molecule has 1 rings (SSSR count). The fourth-order valence-corrected chi connectivity index (χ4v) is 1.94. The predicted molar refractivity (Wildman–Crippen MR) is 79.8 cm³/mol. The smallest absolute Gasteiger partial charge is 0.321 e. The molecule has 7 heteroatoms. The number of imide groups is 1. The maximum atomic E-state index is 12.2. The molecule has 0 spiro atoms. The third kappa shape index (κ3) is 5.92. The van der Waals surface area contributed by atoms with Crippen molar-refractivity contribution in [2.75, 3.05) is 20.7 Å². The van der Waals surface area contributed by atoms with Gasteiger partial charge in [-0.05, 0) is 0 Å². The van der Waals surface area contributed by atoms with Gasteiger partial charge >= 0.3 is 12.0 Å². The van der Waals surface area contributed by atoms with Gasteiger partial charge < -0.3 is 15.4 Å². The molecule has 0 bridgehead atoms. The third-order valence-corrected chi connectivity index (χ3v) is 3.12. The van der Waals surface area contributed by atoms with E-state index in [0.29, 0.717) is 19.4 Å². The number of carbonyl (C=O) groups excluding carboxylic acids is 3. The van der Waals surface area contributed by atoms with Crippen molar-refractivity contribution in [3.63, 3.8) is 0 Å². The SMILES string of the molecule is CNC(=O)NC(=O)[C@H]([NH2+]CCCC(=O)OC)c1ccccc1. The molecule has 0 radical (unpaired) electrons. The average molecular weight is 308 g/mol. The molecule has 0 aromatic heterocycles. The van der Waals surface area contributed by atoms with Gasteiger partial charge in [0.2, 0.25) is 0 Å². The van der Waals surface area contributed by atoms with E-state index in [2.05, 4.69) is 15.4 Å². The van der Waals surface area contributed by atoms with Crippen molar-refractivity contribution in [1.29, 1.82) is 0 Å². The molecular formula is C15H22N3O4+. The minimum absolute atomic E-state index is 0.278. The van der Waals surface area contributed by atoms with Crippen LogP contribution in [0.1, 0.15) is 24.4 Å². The first-order valence-corrected chi connectivity index (χ1v) is 7.06. The lowest BCUT2D eigenvalue weighted by Gasteiger charge is -2.15. The molecule has 4 N–H and O–H groups in total. The van der Waals surface area contributed by atoms with Crippen LogP contribution < -0.4 is 16.0 Å². The van der Waals surface area contributed by atoms with Crippen LogP contribution in [0.25, 0.3) is 0 Å². The summed E-state index contributed by atoms with van der Waals surface area (Å²) < 4.78 is 4.57. The van der Waals surface area contributed by atoms with Crippen LogP contribution in [0.5, 0.6) is 0 Å². The Balaban J connectivity index is 2.65. The van der Waals surface area contributed by atoms with Gasteiger partial charge in [0.1, 0.15) is 0 Å². The third-order valence-electron chi connectivity index (χ3n) is 3.12. The Morgan fingerprint density at radius 2 is 1.91 bits per heavy atom. The van der Waals surface area contributed by atoms with Gasteiger partial charge in [0.05, 0.1) is 20.1 Å². The highest BCUT2D eigenvalue weighted by atomic mass is 16.5. The number of nitrogens with one attached hydrogen (secondary N) is 2. The van der Waals surface area contributed by atoms with E-state index in [1.54, 1.807) is 5.32 Å². The number of methoxy groups -OCH3 is 1. The van der Waals surface area contributed by atoms with Crippen molar-refractivity contribution in [1.82, 2.24) is 10.6 Å². The second-order valence-corrected chi connectivity index (χ2v) is 4.66. The summed E-state index contributed by atoms with van der Waals surface area (Å²) in [6.45, 7) is 0.565. The number of hydrogen-bond acceptors (Lipinski definition) is 4. The van der Waals surface area contributed by atoms with Gasteiger partial charge in [0.15, 0.2) is 6.04 Å². The Morgan fingerprint density at radius 1 is 1.23 bits per heavy atom. The van der Waals surface area contributed by atoms with Crippen molar-refractivity contribution >= 4 is 17.9 Å². The molecular weight excluding hydrogens is 286 g/mol. The van der Waals surface area contributed by atoms with E-state index in [9.17, 15) is 14.4 Å². The van der Waals surface area contributed by atoms with E-state index >= 15 is 0 Å². The van der Waals surface area contributed by atoms with Crippen LogP contribution in [0.4, 0.5) is 4.79 Å². The Bertz CT molecular complexity index is 505. The van der Waals surface area contributed by atoms with Gasteiger partial charge in [-0.15, -0.1) is 0 Å². The summed E-state index contributed by atoms with van der Waals surface area (Å²) in [5.74, 6) is -0.678. The fraction of sp³-hybridized carbons (Fsp3) is 0.400. The number of carbonyl (C=O) groups is 3. The summed E-state index contributed by atoms with van der Waals surface area (Å²) in [6.07, 6.45) is 0.884. The molecule has 3 amide bonds. The molecule has 0 saturated heterocycles. The summed E-state index contributed by atoms with van der Waals surface area (Å²) >= 11 is 0. The number of hydrogen-bond donors (Lipinski definition) is 3. The number of quaternary nitrogens is 1. The maximum Gasteiger partial charge on any atom is 0.321 e. The van der Waals surface area contributed by atoms with Crippen LogP contribution in [-0.4, -0.2) is 38.6 Å². The molecule has 0 aliphatic rings. The molecule has 0 saturated carbocycles. The van der Waals surface area contributed by atoms with Gasteiger partial charge in [0.25, 0.3) is 5.91 Å². The van der Waals surface area contributed by atoms with Crippen LogP contribution in [0.15, 0.2) is 30.3 Å². The van der Waals surface area contributed by atoms with E-state index in [4.69, 9.17) is 0 Å². The molecule has 0 aliphatic carbocycles. The highest BCUT2D eigenvalue weighted by Gasteiger charge is 2.25. The molecule has 0 heterocycles. The number of esters is 1. The number of nitrogens with two attached hydrogens (primary N) is 1. The molecule has 0 unspecified atom stereocenters. The van der Waals surface area contributed by atoms with Crippen molar-refractivity contribution in [2.24, 2.45) is 0 Å². The number of benzene rings is 1. The Labute approximate surface area is 129 Å². The van der Waals surface area contributed by atoms with Crippen molar-refractivity contribution in [2.45, 2.75) is 18.9 Å². The summed E-state index contributed by atoms with van der Waals surface area (Å²) in [5.41, 5.74) is 0.793. The number of rotatable bonds is 7. The molecule has 0 fully saturated rings. The second kappa shape index (κ2) is 9.51. The summed E-state index contributed by atoms with van der Waals surface area (Å²) in [4.78, 5) is 34.6. The Hall–Kier alpha value is -2.41. The molecule has 120 valence electrons. The zero-order chi connectivity index (χ0) is 16.4. The van der Waals surface area contributed by atoms with Crippen LogP contribution in [-0.2, 0) is 14.3 Å². The maximum absolute atomic E-state index is 12.2. The molecule has 1 aromatic carbocycles. The number of amides is 3. The lowest BCUT2D eigenvalue weighted by molar-refractivity contribution is -0.683. The van der Waals surface area contributed by atoms with E-state index in [0.717, 1.165) is 5.56 Å². The quantitative estimate of drug-likeness (QED) is 0.475. The van der Waals surface area contributed by atoms with E-state index < -0.39 is 18.0 Å². The minimum atomic E-state index is -0.547. The van der Waals surface area contributed by atoms with E-state index in [1.165, 1.54) is 14.2 Å². The normalized spacial score (nSPS) is 11.4. The summed E-state index contributed by atoms with van der Waals surface area (Å²) in [6, 6.07) is 8.07. The van der Waals surface area contributed by atoms with Gasteiger partial charge in [-0.1, -0.05) is 30.3 Å². The summed E-state index contributed by atoms with van der Waals surface area (Å²) in [7, 11) is 2.79. The van der Waals surface area contributed by atoms with E-state index in [1.807, 2.05) is 30.3 Å². The topological polar surface area (TPSA) is 101 Å².